The summed E-state index contributed by atoms with van der Waals surface area (Å²) in [5.41, 5.74) is 3.28. The molecule has 0 fully saturated rings. The van der Waals surface area contributed by atoms with Crippen molar-refractivity contribution in [2.45, 2.75) is 10.3 Å². The third kappa shape index (κ3) is 3.24. The Labute approximate surface area is 165 Å². The van der Waals surface area contributed by atoms with Gasteiger partial charge >= 0.3 is 0 Å². The van der Waals surface area contributed by atoms with Crippen LogP contribution in [0.25, 0.3) is 10.2 Å². The van der Waals surface area contributed by atoms with Gasteiger partial charge in [0, 0.05) is 17.9 Å². The normalized spacial score (nSPS) is 15.6. The number of fused-ring (bicyclic) bond motifs is 2. The molecule has 2 aromatic carbocycles. The Morgan fingerprint density at radius 1 is 1.33 bits per heavy atom. The van der Waals surface area contributed by atoms with Gasteiger partial charge in [-0.1, -0.05) is 36.5 Å². The third-order valence-corrected chi connectivity index (χ3v) is 6.54. The minimum atomic E-state index is -0.413. The van der Waals surface area contributed by atoms with Crippen LogP contribution in [0.4, 0.5) is 11.4 Å². The standard InChI is InChI=1S/C20H17N3O2S2/c1-3-18(24)23-11-14(13-6-4-5-7-16(13)23)19(25)21-12-8-9-15-17(10-12)27-20(22-15)26-2/h3-10,14H,1,11H2,2H3,(H,21,25). The number of amides is 2. The van der Waals surface area contributed by atoms with Crippen LogP contribution < -0.4 is 10.2 Å². The summed E-state index contributed by atoms with van der Waals surface area (Å²) in [5.74, 6) is -0.742. The molecule has 0 spiro atoms. The van der Waals surface area contributed by atoms with Gasteiger partial charge in [-0.15, -0.1) is 11.3 Å². The van der Waals surface area contributed by atoms with Crippen LogP contribution in [-0.2, 0) is 9.59 Å². The molecule has 7 heteroatoms. The quantitative estimate of drug-likeness (QED) is 0.529. The molecule has 1 unspecified atom stereocenters. The number of rotatable bonds is 4. The number of nitrogens with zero attached hydrogens (tertiary/aromatic N) is 2. The highest BCUT2D eigenvalue weighted by atomic mass is 32.2. The number of thioether (sulfide) groups is 1. The molecule has 0 radical (unpaired) electrons. The first kappa shape index (κ1) is 17.8. The summed E-state index contributed by atoms with van der Waals surface area (Å²) in [4.78, 5) is 31.2. The molecular weight excluding hydrogens is 378 g/mol. The van der Waals surface area contributed by atoms with E-state index < -0.39 is 5.92 Å². The molecule has 4 rings (SSSR count). The first-order chi connectivity index (χ1) is 13.1. The Bertz CT molecular complexity index is 1060. The zero-order valence-corrected chi connectivity index (χ0v) is 16.3. The predicted molar refractivity (Wildman–Crippen MR) is 112 cm³/mol. The summed E-state index contributed by atoms with van der Waals surface area (Å²) in [6.45, 7) is 3.87. The van der Waals surface area contributed by atoms with E-state index in [4.69, 9.17) is 0 Å². The number of aromatic nitrogens is 1. The summed E-state index contributed by atoms with van der Waals surface area (Å²) >= 11 is 3.21. The fraction of sp³-hybridized carbons (Fsp3) is 0.150. The smallest absolute Gasteiger partial charge is 0.250 e. The summed E-state index contributed by atoms with van der Waals surface area (Å²) in [7, 11) is 0. The van der Waals surface area contributed by atoms with E-state index in [1.165, 1.54) is 6.08 Å². The molecule has 1 N–H and O–H groups in total. The van der Waals surface area contributed by atoms with Gasteiger partial charge in [-0.2, -0.15) is 0 Å². The average molecular weight is 396 g/mol. The number of benzene rings is 2. The molecule has 0 saturated heterocycles. The molecule has 1 atom stereocenters. The maximum atomic E-state index is 12.9. The lowest BCUT2D eigenvalue weighted by molar-refractivity contribution is -0.117. The van der Waals surface area contributed by atoms with Crippen LogP contribution in [0, 0.1) is 0 Å². The Kier molecular flexibility index (Phi) is 4.72. The maximum Gasteiger partial charge on any atom is 0.250 e. The second-order valence-corrected chi connectivity index (χ2v) is 8.20. The Morgan fingerprint density at radius 2 is 2.15 bits per heavy atom. The molecule has 0 saturated carbocycles. The van der Waals surface area contributed by atoms with Gasteiger partial charge in [-0.05, 0) is 42.2 Å². The van der Waals surface area contributed by atoms with Gasteiger partial charge in [0.2, 0.25) is 11.8 Å². The van der Waals surface area contributed by atoms with E-state index in [1.54, 1.807) is 28.0 Å². The van der Waals surface area contributed by atoms with E-state index >= 15 is 0 Å². The minimum Gasteiger partial charge on any atom is -0.325 e. The average Bonchev–Trinajstić information content (AvgIpc) is 3.28. The number of hydrogen-bond donors (Lipinski definition) is 1. The lowest BCUT2D eigenvalue weighted by Crippen LogP contribution is -2.31. The van der Waals surface area contributed by atoms with Crippen molar-refractivity contribution in [3.05, 3.63) is 60.7 Å². The first-order valence-corrected chi connectivity index (χ1v) is 10.4. The Hall–Kier alpha value is -2.64. The van der Waals surface area contributed by atoms with Gasteiger partial charge in [-0.25, -0.2) is 4.98 Å². The molecule has 136 valence electrons. The summed E-state index contributed by atoms with van der Waals surface area (Å²) in [6, 6.07) is 13.2. The molecule has 27 heavy (non-hydrogen) atoms. The lowest BCUT2D eigenvalue weighted by atomic mass is 10.0. The molecule has 2 heterocycles. The summed E-state index contributed by atoms with van der Waals surface area (Å²) in [6.07, 6.45) is 3.27. The van der Waals surface area contributed by atoms with Gasteiger partial charge in [0.15, 0.2) is 4.34 Å². The molecule has 0 bridgehead atoms. The van der Waals surface area contributed by atoms with Crippen molar-refractivity contribution in [1.82, 2.24) is 4.98 Å². The molecule has 5 nitrogen and oxygen atoms in total. The third-order valence-electron chi connectivity index (χ3n) is 4.54. The van der Waals surface area contributed by atoms with E-state index in [9.17, 15) is 9.59 Å². The Morgan fingerprint density at radius 3 is 2.93 bits per heavy atom. The molecule has 2 amide bonds. The van der Waals surface area contributed by atoms with Gasteiger partial charge < -0.3 is 10.2 Å². The highest BCUT2D eigenvalue weighted by Gasteiger charge is 2.35. The van der Waals surface area contributed by atoms with Crippen molar-refractivity contribution in [2.24, 2.45) is 0 Å². The van der Waals surface area contributed by atoms with Crippen molar-refractivity contribution in [2.75, 3.05) is 23.0 Å². The van der Waals surface area contributed by atoms with Crippen molar-refractivity contribution in [3.8, 4) is 0 Å². The van der Waals surface area contributed by atoms with E-state index in [-0.39, 0.29) is 11.8 Å². The summed E-state index contributed by atoms with van der Waals surface area (Å²) < 4.78 is 2.03. The number of anilines is 2. The fourth-order valence-corrected chi connectivity index (χ4v) is 4.78. The molecular formula is C20H17N3O2S2. The second kappa shape index (κ2) is 7.17. The van der Waals surface area contributed by atoms with E-state index in [2.05, 4.69) is 16.9 Å². The lowest BCUT2D eigenvalue weighted by Gasteiger charge is -2.15. The van der Waals surface area contributed by atoms with Crippen molar-refractivity contribution in [3.63, 3.8) is 0 Å². The van der Waals surface area contributed by atoms with E-state index in [1.807, 2.05) is 48.7 Å². The van der Waals surface area contributed by atoms with Crippen molar-refractivity contribution in [1.29, 1.82) is 0 Å². The molecule has 1 aliphatic rings. The van der Waals surface area contributed by atoms with Gasteiger partial charge in [0.1, 0.15) is 0 Å². The first-order valence-electron chi connectivity index (χ1n) is 8.39. The molecule has 1 aliphatic heterocycles. The van der Waals surface area contributed by atoms with Crippen LogP contribution >= 0.6 is 23.1 Å². The number of carbonyl (C=O) groups is 2. The van der Waals surface area contributed by atoms with Crippen LogP contribution in [0.5, 0.6) is 0 Å². The van der Waals surface area contributed by atoms with Crippen LogP contribution in [-0.4, -0.2) is 29.6 Å². The fourth-order valence-electron chi connectivity index (χ4n) is 3.25. The van der Waals surface area contributed by atoms with E-state index in [0.717, 1.165) is 31.5 Å². The van der Waals surface area contributed by atoms with Gasteiger partial charge in [0.25, 0.3) is 0 Å². The zero-order chi connectivity index (χ0) is 19.0. The summed E-state index contributed by atoms with van der Waals surface area (Å²) in [5, 5.41) is 2.99. The largest absolute Gasteiger partial charge is 0.325 e. The number of nitrogens with one attached hydrogen (secondary N) is 1. The number of para-hydroxylation sites is 1. The van der Waals surface area contributed by atoms with Gasteiger partial charge in [-0.3, -0.25) is 9.59 Å². The number of thiazole rings is 1. The Balaban J connectivity index is 1.60. The highest BCUT2D eigenvalue weighted by Crippen LogP contribution is 2.37. The molecule has 0 aliphatic carbocycles. The zero-order valence-electron chi connectivity index (χ0n) is 14.6. The van der Waals surface area contributed by atoms with Crippen LogP contribution in [0.1, 0.15) is 11.5 Å². The van der Waals surface area contributed by atoms with Crippen LogP contribution in [0.15, 0.2) is 59.5 Å². The van der Waals surface area contributed by atoms with Gasteiger partial charge in [0.05, 0.1) is 16.1 Å². The molecule has 1 aromatic heterocycles. The monoisotopic (exact) mass is 395 g/mol. The van der Waals surface area contributed by atoms with E-state index in [0.29, 0.717) is 6.54 Å². The minimum absolute atomic E-state index is 0.129. The number of carbonyl (C=O) groups excluding carboxylic acids is 2. The number of hydrogen-bond acceptors (Lipinski definition) is 5. The SMILES string of the molecule is C=CC(=O)N1CC(C(=O)Nc2ccc3nc(SC)sc3c2)c2ccccc21. The topological polar surface area (TPSA) is 62.3 Å². The van der Waals surface area contributed by atoms with Crippen LogP contribution in [0.3, 0.4) is 0 Å². The highest BCUT2D eigenvalue weighted by molar-refractivity contribution is 8.00. The van der Waals surface area contributed by atoms with Crippen molar-refractivity contribution >= 4 is 56.5 Å². The van der Waals surface area contributed by atoms with Crippen molar-refractivity contribution < 1.29 is 9.59 Å². The second-order valence-electron chi connectivity index (χ2n) is 6.12. The van der Waals surface area contributed by atoms with Crippen LogP contribution in [0.2, 0.25) is 0 Å². The molecule has 3 aromatic rings. The predicted octanol–water partition coefficient (Wildman–Crippen LogP) is 4.27. The maximum absolute atomic E-state index is 12.9.